The average Bonchev–Trinajstić information content (AvgIpc) is 2.82. The molecule has 3 N–H and O–H groups in total. The fraction of sp³-hybridized carbons (Fsp3) is 0.167. The maximum atomic E-state index is 12.9. The number of hydrogen-bond donors (Lipinski definition) is 2. The number of hydrogen-bond acceptors (Lipinski definition) is 5. The predicted molar refractivity (Wildman–Crippen MR) is 72.2 cm³/mol. The lowest BCUT2D eigenvalue weighted by molar-refractivity contribution is 0.627. The largest absolute Gasteiger partial charge is 0.321 e. The van der Waals surface area contributed by atoms with Crippen molar-refractivity contribution in [2.75, 3.05) is 5.43 Å². The molecule has 1 aromatic heterocycles. The minimum Gasteiger partial charge on any atom is -0.321 e. The van der Waals surface area contributed by atoms with Gasteiger partial charge in [0.05, 0.1) is 11.7 Å². The summed E-state index contributed by atoms with van der Waals surface area (Å²) in [4.78, 5) is 0. The van der Waals surface area contributed by atoms with Gasteiger partial charge in [-0.25, -0.2) is 9.07 Å². The van der Waals surface area contributed by atoms with E-state index in [1.54, 1.807) is 16.8 Å². The zero-order valence-electron chi connectivity index (χ0n) is 10.2. The van der Waals surface area contributed by atoms with Gasteiger partial charge in [-0.05, 0) is 31.2 Å². The summed E-state index contributed by atoms with van der Waals surface area (Å²) in [5.74, 6) is 0.407. The molecule has 7 heteroatoms. The minimum atomic E-state index is -0.255. The number of nitrogens with zero attached hydrogens (tertiary/aromatic N) is 3. The summed E-state index contributed by atoms with van der Waals surface area (Å²) in [5.41, 5.74) is 10.8. The molecule has 3 rings (SSSR count). The Morgan fingerprint density at radius 2 is 2.05 bits per heavy atom. The number of nitrogens with two attached hydrogens (primary N) is 1. The van der Waals surface area contributed by atoms with E-state index in [1.807, 2.05) is 12.3 Å². The van der Waals surface area contributed by atoms with Gasteiger partial charge in [-0.15, -0.1) is 10.2 Å². The van der Waals surface area contributed by atoms with Crippen molar-refractivity contribution in [1.29, 1.82) is 0 Å². The van der Waals surface area contributed by atoms with Crippen molar-refractivity contribution in [3.05, 3.63) is 46.9 Å². The second-order valence-electron chi connectivity index (χ2n) is 4.23. The zero-order valence-corrected chi connectivity index (χ0v) is 11.0. The highest BCUT2D eigenvalue weighted by molar-refractivity contribution is 8.02. The second kappa shape index (κ2) is 4.67. The molecule has 1 aromatic carbocycles. The van der Waals surface area contributed by atoms with E-state index in [0.29, 0.717) is 5.82 Å². The van der Waals surface area contributed by atoms with Crippen molar-refractivity contribution >= 4 is 17.5 Å². The van der Waals surface area contributed by atoms with Gasteiger partial charge in [-0.1, -0.05) is 11.8 Å². The monoisotopic (exact) mass is 277 g/mol. The van der Waals surface area contributed by atoms with E-state index in [9.17, 15) is 4.39 Å². The van der Waals surface area contributed by atoms with Gasteiger partial charge in [0.1, 0.15) is 5.82 Å². The van der Waals surface area contributed by atoms with Crippen LogP contribution in [0.1, 0.15) is 24.4 Å². The third-order valence-electron chi connectivity index (χ3n) is 2.74. The molecule has 0 saturated heterocycles. The van der Waals surface area contributed by atoms with E-state index in [4.69, 9.17) is 5.73 Å². The van der Waals surface area contributed by atoms with Gasteiger partial charge in [0.25, 0.3) is 0 Å². The fourth-order valence-corrected chi connectivity index (χ4v) is 2.52. The van der Waals surface area contributed by atoms with Crippen LogP contribution in [0.5, 0.6) is 0 Å². The van der Waals surface area contributed by atoms with Crippen LogP contribution < -0.4 is 11.2 Å². The van der Waals surface area contributed by atoms with Crippen LogP contribution in [0.4, 0.5) is 4.39 Å². The highest BCUT2D eigenvalue weighted by Gasteiger charge is 2.20. The molecule has 0 bridgehead atoms. The smallest absolute Gasteiger partial charge is 0.214 e. The first-order chi connectivity index (χ1) is 9.15. The topological polar surface area (TPSA) is 68.8 Å². The summed E-state index contributed by atoms with van der Waals surface area (Å²) >= 11 is 1.45. The molecule has 1 aliphatic heterocycles. The van der Waals surface area contributed by atoms with Crippen molar-refractivity contribution in [2.24, 2.45) is 5.73 Å². The van der Waals surface area contributed by atoms with E-state index in [-0.39, 0.29) is 11.9 Å². The Morgan fingerprint density at radius 3 is 2.74 bits per heavy atom. The molecule has 0 unspecified atom stereocenters. The molecular formula is C12H12FN5S. The van der Waals surface area contributed by atoms with E-state index in [2.05, 4.69) is 15.6 Å². The third kappa shape index (κ3) is 2.22. The molecule has 1 atom stereocenters. The summed E-state index contributed by atoms with van der Waals surface area (Å²) in [6.07, 6.45) is 0. The second-order valence-corrected chi connectivity index (χ2v) is 5.07. The molecule has 98 valence electrons. The molecule has 1 aliphatic rings. The molecule has 19 heavy (non-hydrogen) atoms. The molecule has 5 nitrogen and oxygen atoms in total. The Labute approximate surface area is 113 Å². The Bertz CT molecular complexity index is 632. The van der Waals surface area contributed by atoms with Gasteiger partial charge in [-0.3, -0.25) is 5.43 Å². The molecule has 0 spiro atoms. The normalized spacial score (nSPS) is 15.4. The zero-order chi connectivity index (χ0) is 13.4. The Hall–Kier alpha value is -1.86. The number of thioether (sulfide) groups is 1. The Morgan fingerprint density at radius 1 is 1.32 bits per heavy atom. The van der Waals surface area contributed by atoms with Crippen molar-refractivity contribution in [3.63, 3.8) is 0 Å². The molecule has 2 aromatic rings. The van der Waals surface area contributed by atoms with Crippen LogP contribution >= 0.6 is 11.8 Å². The minimum absolute atomic E-state index is 0.220. The molecule has 0 aliphatic carbocycles. The fourth-order valence-electron chi connectivity index (χ4n) is 1.78. The first-order valence-corrected chi connectivity index (χ1v) is 6.64. The highest BCUT2D eigenvalue weighted by atomic mass is 32.2. The van der Waals surface area contributed by atoms with Gasteiger partial charge < -0.3 is 5.73 Å². The van der Waals surface area contributed by atoms with Crippen molar-refractivity contribution in [2.45, 2.75) is 18.1 Å². The summed E-state index contributed by atoms with van der Waals surface area (Å²) in [6, 6.07) is 6.07. The first-order valence-electron chi connectivity index (χ1n) is 5.76. The van der Waals surface area contributed by atoms with E-state index < -0.39 is 0 Å². The van der Waals surface area contributed by atoms with Gasteiger partial charge in [0.2, 0.25) is 5.16 Å². The van der Waals surface area contributed by atoms with Gasteiger partial charge in [-0.2, -0.15) is 0 Å². The maximum Gasteiger partial charge on any atom is 0.214 e. The van der Waals surface area contributed by atoms with Crippen molar-refractivity contribution < 1.29 is 4.39 Å². The lowest BCUT2D eigenvalue weighted by Gasteiger charge is -2.19. The first kappa shape index (κ1) is 12.2. The quantitative estimate of drug-likeness (QED) is 0.879. The Kier molecular flexibility index (Phi) is 3.00. The number of aromatic nitrogens is 3. The summed E-state index contributed by atoms with van der Waals surface area (Å²) in [7, 11) is 0. The van der Waals surface area contributed by atoms with E-state index in [1.165, 1.54) is 23.9 Å². The molecule has 0 radical (unpaired) electrons. The number of benzene rings is 1. The third-order valence-corrected chi connectivity index (χ3v) is 3.56. The average molecular weight is 277 g/mol. The molecule has 0 fully saturated rings. The van der Waals surface area contributed by atoms with Gasteiger partial charge in [0, 0.05) is 11.0 Å². The van der Waals surface area contributed by atoms with Gasteiger partial charge in [0.15, 0.2) is 5.82 Å². The van der Waals surface area contributed by atoms with Crippen LogP contribution in [-0.2, 0) is 0 Å². The van der Waals surface area contributed by atoms with E-state index in [0.717, 1.165) is 16.4 Å². The summed E-state index contributed by atoms with van der Waals surface area (Å²) in [5, 5.41) is 10.8. The van der Waals surface area contributed by atoms with Crippen LogP contribution in [0.3, 0.4) is 0 Å². The number of rotatable bonds is 2. The maximum absolute atomic E-state index is 12.9. The summed E-state index contributed by atoms with van der Waals surface area (Å²) in [6.45, 7) is 1.85. The Balaban J connectivity index is 1.93. The van der Waals surface area contributed by atoms with Gasteiger partial charge >= 0.3 is 0 Å². The van der Waals surface area contributed by atoms with Crippen LogP contribution in [0.2, 0.25) is 0 Å². The predicted octanol–water partition coefficient (Wildman–Crippen LogP) is 2.08. The van der Waals surface area contributed by atoms with Crippen LogP contribution in [0.25, 0.3) is 5.70 Å². The number of fused-ring (bicyclic) bond motifs is 1. The SMILES string of the molecule is C[C@H](N)c1nnc2n1NC(c1ccc(F)cc1)=CS2. The highest BCUT2D eigenvalue weighted by Crippen LogP contribution is 2.29. The van der Waals surface area contributed by atoms with Crippen LogP contribution in [0, 0.1) is 5.82 Å². The molecule has 2 heterocycles. The molecular weight excluding hydrogens is 265 g/mol. The number of halogens is 1. The standard InChI is InChI=1S/C12H12FN5S/c1-7(14)11-15-16-12-18(11)17-10(6-19-12)8-2-4-9(13)5-3-8/h2-7,17H,14H2,1H3/t7-/m0/s1. The molecule has 0 amide bonds. The lowest BCUT2D eigenvalue weighted by Crippen LogP contribution is -2.23. The summed E-state index contributed by atoms with van der Waals surface area (Å²) < 4.78 is 14.7. The van der Waals surface area contributed by atoms with Crippen LogP contribution in [0.15, 0.2) is 34.8 Å². The number of nitrogens with one attached hydrogen (secondary N) is 1. The van der Waals surface area contributed by atoms with Crippen LogP contribution in [-0.4, -0.2) is 14.9 Å². The van der Waals surface area contributed by atoms with E-state index >= 15 is 0 Å². The van der Waals surface area contributed by atoms with Crippen molar-refractivity contribution in [1.82, 2.24) is 14.9 Å². The molecule has 0 saturated carbocycles. The van der Waals surface area contributed by atoms with Crippen molar-refractivity contribution in [3.8, 4) is 0 Å². The lowest BCUT2D eigenvalue weighted by atomic mass is 10.2.